The van der Waals surface area contributed by atoms with Gasteiger partial charge in [-0.2, -0.15) is 0 Å². The van der Waals surface area contributed by atoms with E-state index in [9.17, 15) is 4.39 Å². The monoisotopic (exact) mass is 292 g/mol. The summed E-state index contributed by atoms with van der Waals surface area (Å²) < 4.78 is 13.5. The molecule has 0 atom stereocenters. The topological polar surface area (TPSA) is 28.7 Å². The van der Waals surface area contributed by atoms with Gasteiger partial charge in [-0.15, -0.1) is 0 Å². The second-order valence-corrected chi connectivity index (χ2v) is 5.48. The smallest absolute Gasteiger partial charge is 0.166 e. The predicted octanol–water partition coefficient (Wildman–Crippen LogP) is 4.65. The van der Waals surface area contributed by atoms with E-state index in [4.69, 9.17) is 11.6 Å². The number of aromatic amines is 1. The summed E-state index contributed by atoms with van der Waals surface area (Å²) in [6.07, 6.45) is 0. The molecule has 1 aromatic heterocycles. The Labute approximate surface area is 119 Å². The summed E-state index contributed by atoms with van der Waals surface area (Å²) in [7, 11) is 0. The van der Waals surface area contributed by atoms with Crippen LogP contribution in [-0.2, 0) is 5.75 Å². The molecule has 0 fully saturated rings. The summed E-state index contributed by atoms with van der Waals surface area (Å²) in [6, 6.07) is 12.3. The van der Waals surface area contributed by atoms with Crippen molar-refractivity contribution in [2.75, 3.05) is 0 Å². The molecule has 5 heteroatoms. The van der Waals surface area contributed by atoms with Crippen LogP contribution >= 0.6 is 23.4 Å². The van der Waals surface area contributed by atoms with Crippen LogP contribution in [0.4, 0.5) is 4.39 Å². The van der Waals surface area contributed by atoms with Crippen molar-refractivity contribution in [3.63, 3.8) is 0 Å². The van der Waals surface area contributed by atoms with E-state index in [0.29, 0.717) is 16.3 Å². The summed E-state index contributed by atoms with van der Waals surface area (Å²) in [4.78, 5) is 7.60. The molecule has 0 aliphatic rings. The Hall–Kier alpha value is -1.52. The van der Waals surface area contributed by atoms with Crippen molar-refractivity contribution in [3.05, 3.63) is 58.9 Å². The van der Waals surface area contributed by atoms with Gasteiger partial charge in [-0.05, 0) is 29.8 Å². The van der Waals surface area contributed by atoms with Gasteiger partial charge in [-0.3, -0.25) is 0 Å². The van der Waals surface area contributed by atoms with Gasteiger partial charge >= 0.3 is 0 Å². The van der Waals surface area contributed by atoms with Crippen LogP contribution in [0.3, 0.4) is 0 Å². The number of nitrogens with one attached hydrogen (secondary N) is 1. The number of aromatic nitrogens is 2. The number of thioether (sulfide) groups is 1. The van der Waals surface area contributed by atoms with Gasteiger partial charge in [-0.25, -0.2) is 9.37 Å². The average molecular weight is 293 g/mol. The molecule has 0 spiro atoms. The third kappa shape index (κ3) is 2.74. The zero-order valence-electron chi connectivity index (χ0n) is 9.86. The van der Waals surface area contributed by atoms with Crippen molar-refractivity contribution in [1.29, 1.82) is 0 Å². The number of hydrogen-bond acceptors (Lipinski definition) is 2. The van der Waals surface area contributed by atoms with Crippen LogP contribution in [0.15, 0.2) is 47.6 Å². The molecular formula is C14H10ClFN2S. The fourth-order valence-electron chi connectivity index (χ4n) is 1.79. The maximum atomic E-state index is 13.5. The number of rotatable bonds is 3. The van der Waals surface area contributed by atoms with Crippen LogP contribution < -0.4 is 0 Å². The van der Waals surface area contributed by atoms with Gasteiger partial charge in [0.1, 0.15) is 5.82 Å². The molecule has 0 aliphatic carbocycles. The molecule has 0 amide bonds. The molecule has 0 bridgehead atoms. The van der Waals surface area contributed by atoms with Crippen molar-refractivity contribution < 1.29 is 4.39 Å². The number of imidazole rings is 1. The second-order valence-electron chi connectivity index (χ2n) is 4.08. The second kappa shape index (κ2) is 5.23. The molecule has 0 radical (unpaired) electrons. The number of fused-ring (bicyclic) bond motifs is 1. The lowest BCUT2D eigenvalue weighted by Crippen LogP contribution is -1.86. The Kier molecular flexibility index (Phi) is 3.44. The van der Waals surface area contributed by atoms with Gasteiger partial charge in [0, 0.05) is 10.8 Å². The van der Waals surface area contributed by atoms with Crippen molar-refractivity contribution in [1.82, 2.24) is 9.97 Å². The maximum Gasteiger partial charge on any atom is 0.166 e. The fourth-order valence-corrected chi connectivity index (χ4v) is 2.82. The Morgan fingerprint density at radius 3 is 2.89 bits per heavy atom. The molecule has 3 rings (SSSR count). The van der Waals surface area contributed by atoms with Gasteiger partial charge in [0.05, 0.1) is 11.0 Å². The quantitative estimate of drug-likeness (QED) is 0.712. The average Bonchev–Trinajstić information content (AvgIpc) is 2.79. The van der Waals surface area contributed by atoms with Crippen LogP contribution in [0.5, 0.6) is 0 Å². The van der Waals surface area contributed by atoms with E-state index in [1.165, 1.54) is 17.8 Å². The minimum atomic E-state index is -0.186. The molecule has 19 heavy (non-hydrogen) atoms. The standard InChI is InChI=1S/C14H10ClFN2S/c15-10-5-6-12-13(7-10)18-14(17-12)19-8-9-3-1-2-4-11(9)16/h1-7H,8H2,(H,17,18). The van der Waals surface area contributed by atoms with Crippen LogP contribution in [0.1, 0.15) is 5.56 Å². The highest BCUT2D eigenvalue weighted by Gasteiger charge is 2.06. The lowest BCUT2D eigenvalue weighted by molar-refractivity contribution is 0.617. The highest BCUT2D eigenvalue weighted by Crippen LogP contribution is 2.25. The van der Waals surface area contributed by atoms with Gasteiger partial charge in [0.25, 0.3) is 0 Å². The van der Waals surface area contributed by atoms with Gasteiger partial charge < -0.3 is 4.98 Å². The van der Waals surface area contributed by atoms with Crippen LogP contribution in [0, 0.1) is 5.82 Å². The summed E-state index contributed by atoms with van der Waals surface area (Å²) in [5.74, 6) is 0.356. The maximum absolute atomic E-state index is 13.5. The van der Waals surface area contributed by atoms with E-state index in [1.54, 1.807) is 18.2 Å². The Morgan fingerprint density at radius 1 is 1.21 bits per heavy atom. The molecule has 1 heterocycles. The highest BCUT2D eigenvalue weighted by molar-refractivity contribution is 7.98. The molecule has 0 aliphatic heterocycles. The number of hydrogen-bond donors (Lipinski definition) is 1. The zero-order valence-corrected chi connectivity index (χ0v) is 11.4. The molecule has 2 nitrogen and oxygen atoms in total. The lowest BCUT2D eigenvalue weighted by atomic mass is 10.2. The summed E-state index contributed by atoms with van der Waals surface area (Å²) >= 11 is 7.38. The first-order valence-corrected chi connectivity index (χ1v) is 7.10. The van der Waals surface area contributed by atoms with Gasteiger partial charge in [-0.1, -0.05) is 41.6 Å². The molecule has 0 saturated carbocycles. The zero-order chi connectivity index (χ0) is 13.2. The van der Waals surface area contributed by atoms with Crippen molar-refractivity contribution in [2.24, 2.45) is 0 Å². The first-order valence-electron chi connectivity index (χ1n) is 5.74. The molecular weight excluding hydrogens is 283 g/mol. The normalized spacial score (nSPS) is 11.1. The fraction of sp³-hybridized carbons (Fsp3) is 0.0714. The van der Waals surface area contributed by atoms with Crippen molar-refractivity contribution >= 4 is 34.4 Å². The van der Waals surface area contributed by atoms with E-state index >= 15 is 0 Å². The molecule has 0 unspecified atom stereocenters. The number of nitrogens with zero attached hydrogens (tertiary/aromatic N) is 1. The Balaban J connectivity index is 1.80. The van der Waals surface area contributed by atoms with E-state index in [2.05, 4.69) is 9.97 Å². The number of benzene rings is 2. The number of H-pyrrole nitrogens is 1. The largest absolute Gasteiger partial charge is 0.333 e. The summed E-state index contributed by atoms with van der Waals surface area (Å²) in [5.41, 5.74) is 2.43. The van der Waals surface area contributed by atoms with Gasteiger partial charge in [0.15, 0.2) is 5.16 Å². The third-order valence-electron chi connectivity index (χ3n) is 2.75. The van der Waals surface area contributed by atoms with Crippen molar-refractivity contribution in [2.45, 2.75) is 10.9 Å². The summed E-state index contributed by atoms with van der Waals surface area (Å²) in [6.45, 7) is 0. The minimum Gasteiger partial charge on any atom is -0.333 e. The molecule has 1 N–H and O–H groups in total. The highest BCUT2D eigenvalue weighted by atomic mass is 35.5. The van der Waals surface area contributed by atoms with E-state index < -0.39 is 0 Å². The summed E-state index contributed by atoms with van der Waals surface area (Å²) in [5, 5.41) is 1.42. The third-order valence-corrected chi connectivity index (χ3v) is 3.90. The molecule has 0 saturated heterocycles. The SMILES string of the molecule is Fc1ccccc1CSc1nc2cc(Cl)ccc2[nH]1. The van der Waals surface area contributed by atoms with Gasteiger partial charge in [0.2, 0.25) is 0 Å². The van der Waals surface area contributed by atoms with E-state index in [-0.39, 0.29) is 5.82 Å². The first kappa shape index (κ1) is 12.5. The predicted molar refractivity (Wildman–Crippen MR) is 77.1 cm³/mol. The first-order chi connectivity index (χ1) is 9.22. The van der Waals surface area contributed by atoms with E-state index in [0.717, 1.165) is 16.2 Å². The molecule has 96 valence electrons. The van der Waals surface area contributed by atoms with Crippen LogP contribution in [-0.4, -0.2) is 9.97 Å². The molecule has 2 aromatic carbocycles. The van der Waals surface area contributed by atoms with Crippen LogP contribution in [0.25, 0.3) is 11.0 Å². The minimum absolute atomic E-state index is 0.186. The molecule has 3 aromatic rings. The lowest BCUT2D eigenvalue weighted by Gasteiger charge is -2.00. The van der Waals surface area contributed by atoms with Crippen molar-refractivity contribution in [3.8, 4) is 0 Å². The number of halogens is 2. The van der Waals surface area contributed by atoms with Crippen LogP contribution in [0.2, 0.25) is 5.02 Å². The van der Waals surface area contributed by atoms with E-state index in [1.807, 2.05) is 18.2 Å². The Bertz CT molecular complexity index is 726. The Morgan fingerprint density at radius 2 is 2.05 bits per heavy atom.